The number of benzene rings is 1. The predicted molar refractivity (Wildman–Crippen MR) is 64.1 cm³/mol. The maximum Gasteiger partial charge on any atom is 0.240 e. The van der Waals surface area contributed by atoms with Crippen LogP contribution in [0.15, 0.2) is 39.8 Å². The molecule has 1 aromatic heterocycles. The fraction of sp³-hybridized carbons (Fsp3) is 0.273. The summed E-state index contributed by atoms with van der Waals surface area (Å²) in [6.45, 7) is 1.90. The predicted octanol–water partition coefficient (Wildman–Crippen LogP) is 1.11. The van der Waals surface area contributed by atoms with Gasteiger partial charge >= 0.3 is 0 Å². The van der Waals surface area contributed by atoms with E-state index in [0.29, 0.717) is 18.1 Å². The molecule has 1 N–H and O–H groups in total. The van der Waals surface area contributed by atoms with E-state index < -0.39 is 10.0 Å². The van der Waals surface area contributed by atoms with Crippen LogP contribution in [0.25, 0.3) is 0 Å². The molecule has 0 aliphatic rings. The Balaban J connectivity index is 2.06. The maximum atomic E-state index is 11.9. The summed E-state index contributed by atoms with van der Waals surface area (Å²) in [7, 11) is -3.53. The van der Waals surface area contributed by atoms with Crippen molar-refractivity contribution in [3.05, 3.63) is 42.0 Å². The van der Waals surface area contributed by atoms with E-state index in [2.05, 4.69) is 14.9 Å². The lowest BCUT2D eigenvalue weighted by atomic mass is 10.4. The first kappa shape index (κ1) is 12.7. The summed E-state index contributed by atoms with van der Waals surface area (Å²) in [6.07, 6.45) is 0.623. The highest BCUT2D eigenvalue weighted by Gasteiger charge is 2.14. The number of hydrogen-bond acceptors (Lipinski definition) is 5. The molecule has 0 radical (unpaired) electrons. The Morgan fingerprint density at radius 3 is 2.61 bits per heavy atom. The first-order valence-electron chi connectivity index (χ1n) is 5.48. The van der Waals surface area contributed by atoms with Crippen LogP contribution in [-0.4, -0.2) is 18.6 Å². The zero-order valence-electron chi connectivity index (χ0n) is 9.83. The molecular weight excluding hydrogens is 254 g/mol. The van der Waals surface area contributed by atoms with Crippen LogP contribution in [0.2, 0.25) is 0 Å². The van der Waals surface area contributed by atoms with Crippen LogP contribution in [0, 0.1) is 0 Å². The summed E-state index contributed by atoms with van der Waals surface area (Å²) in [5, 5.41) is 3.67. The minimum Gasteiger partial charge on any atom is -0.339 e. The van der Waals surface area contributed by atoms with Crippen LogP contribution in [0.4, 0.5) is 0 Å². The van der Waals surface area contributed by atoms with E-state index in [-0.39, 0.29) is 11.4 Å². The van der Waals surface area contributed by atoms with Crippen molar-refractivity contribution in [3.8, 4) is 0 Å². The van der Waals surface area contributed by atoms with Gasteiger partial charge in [-0.15, -0.1) is 0 Å². The molecule has 0 bridgehead atoms. The summed E-state index contributed by atoms with van der Waals surface area (Å²) < 4.78 is 31.1. The molecule has 18 heavy (non-hydrogen) atoms. The van der Waals surface area contributed by atoms with E-state index in [1.54, 1.807) is 18.2 Å². The Kier molecular flexibility index (Phi) is 3.73. The van der Waals surface area contributed by atoms with Crippen LogP contribution in [-0.2, 0) is 23.0 Å². The summed E-state index contributed by atoms with van der Waals surface area (Å²) in [4.78, 5) is 4.23. The third-order valence-electron chi connectivity index (χ3n) is 2.29. The molecular formula is C11H13N3O3S. The van der Waals surface area contributed by atoms with Gasteiger partial charge < -0.3 is 4.52 Å². The number of sulfonamides is 1. The van der Waals surface area contributed by atoms with Crippen molar-refractivity contribution in [2.75, 3.05) is 0 Å². The molecule has 0 spiro atoms. The highest BCUT2D eigenvalue weighted by atomic mass is 32.2. The molecule has 2 rings (SSSR count). The molecule has 0 unspecified atom stereocenters. The summed E-state index contributed by atoms with van der Waals surface area (Å²) >= 11 is 0. The number of rotatable bonds is 5. The van der Waals surface area contributed by atoms with Gasteiger partial charge in [0.15, 0.2) is 5.82 Å². The van der Waals surface area contributed by atoms with Gasteiger partial charge in [0.05, 0.1) is 11.4 Å². The van der Waals surface area contributed by atoms with E-state index in [0.717, 1.165) is 0 Å². The largest absolute Gasteiger partial charge is 0.339 e. The van der Waals surface area contributed by atoms with E-state index >= 15 is 0 Å². The molecule has 0 saturated heterocycles. The van der Waals surface area contributed by atoms with E-state index in [1.165, 1.54) is 12.1 Å². The van der Waals surface area contributed by atoms with Crippen LogP contribution in [0.3, 0.4) is 0 Å². The molecule has 0 saturated carbocycles. The zero-order valence-corrected chi connectivity index (χ0v) is 10.6. The molecule has 6 nitrogen and oxygen atoms in total. The fourth-order valence-electron chi connectivity index (χ4n) is 1.35. The van der Waals surface area contributed by atoms with Gasteiger partial charge in [-0.2, -0.15) is 4.98 Å². The lowest BCUT2D eigenvalue weighted by Gasteiger charge is -2.03. The van der Waals surface area contributed by atoms with Gasteiger partial charge in [-0.3, -0.25) is 0 Å². The maximum absolute atomic E-state index is 11.9. The molecule has 0 atom stereocenters. The van der Waals surface area contributed by atoms with Gasteiger partial charge in [0, 0.05) is 6.42 Å². The van der Waals surface area contributed by atoms with Gasteiger partial charge in [0.25, 0.3) is 0 Å². The van der Waals surface area contributed by atoms with E-state index in [4.69, 9.17) is 4.52 Å². The Bertz CT molecular complexity index is 607. The summed E-state index contributed by atoms with van der Waals surface area (Å²) in [6, 6.07) is 8.13. The first-order valence-corrected chi connectivity index (χ1v) is 6.96. The normalized spacial score (nSPS) is 11.6. The second kappa shape index (κ2) is 5.28. The average Bonchev–Trinajstić information content (AvgIpc) is 2.86. The Labute approximate surface area is 105 Å². The first-order chi connectivity index (χ1) is 8.62. The smallest absolute Gasteiger partial charge is 0.240 e. The minimum atomic E-state index is -3.53. The quantitative estimate of drug-likeness (QED) is 0.877. The summed E-state index contributed by atoms with van der Waals surface area (Å²) in [5.41, 5.74) is 0. The standard InChI is InChI=1S/C11H13N3O3S/c1-2-11-13-10(14-17-11)8-12-18(15,16)9-6-4-3-5-7-9/h3-7,12H,2,8H2,1H3. The van der Waals surface area contributed by atoms with Crippen molar-refractivity contribution in [2.45, 2.75) is 24.8 Å². The summed E-state index contributed by atoms with van der Waals surface area (Å²) in [5.74, 6) is 0.815. The van der Waals surface area contributed by atoms with Crippen LogP contribution < -0.4 is 4.72 Å². The zero-order chi connectivity index (χ0) is 13.0. The fourth-order valence-corrected chi connectivity index (χ4v) is 2.35. The number of nitrogens with one attached hydrogen (secondary N) is 1. The Hall–Kier alpha value is -1.73. The topological polar surface area (TPSA) is 85.1 Å². The van der Waals surface area contributed by atoms with E-state index in [9.17, 15) is 8.42 Å². The Morgan fingerprint density at radius 2 is 2.00 bits per heavy atom. The number of hydrogen-bond donors (Lipinski definition) is 1. The Morgan fingerprint density at radius 1 is 1.28 bits per heavy atom. The average molecular weight is 267 g/mol. The van der Waals surface area contributed by atoms with Gasteiger partial charge in [0.1, 0.15) is 0 Å². The second-order valence-electron chi connectivity index (χ2n) is 3.60. The molecule has 96 valence electrons. The SMILES string of the molecule is CCc1nc(CNS(=O)(=O)c2ccccc2)no1. The van der Waals surface area contributed by atoms with Gasteiger partial charge in [0.2, 0.25) is 15.9 Å². The monoisotopic (exact) mass is 267 g/mol. The molecule has 1 heterocycles. The third kappa shape index (κ3) is 2.93. The molecule has 0 fully saturated rings. The minimum absolute atomic E-state index is 0.0146. The molecule has 0 amide bonds. The van der Waals surface area contributed by atoms with Crippen molar-refractivity contribution in [2.24, 2.45) is 0 Å². The molecule has 2 aromatic rings. The van der Waals surface area contributed by atoms with Crippen molar-refractivity contribution < 1.29 is 12.9 Å². The molecule has 1 aromatic carbocycles. The lowest BCUT2D eigenvalue weighted by Crippen LogP contribution is -2.23. The van der Waals surface area contributed by atoms with E-state index in [1.807, 2.05) is 6.92 Å². The van der Waals surface area contributed by atoms with Crippen molar-refractivity contribution in [3.63, 3.8) is 0 Å². The number of nitrogens with zero attached hydrogens (tertiary/aromatic N) is 2. The highest BCUT2D eigenvalue weighted by molar-refractivity contribution is 7.89. The highest BCUT2D eigenvalue weighted by Crippen LogP contribution is 2.07. The van der Waals surface area contributed by atoms with Gasteiger partial charge in [-0.25, -0.2) is 13.1 Å². The van der Waals surface area contributed by atoms with Crippen LogP contribution in [0.1, 0.15) is 18.6 Å². The lowest BCUT2D eigenvalue weighted by molar-refractivity contribution is 0.376. The number of aryl methyl sites for hydroxylation is 1. The molecule has 0 aliphatic carbocycles. The van der Waals surface area contributed by atoms with Crippen molar-refractivity contribution in [1.82, 2.24) is 14.9 Å². The third-order valence-corrected chi connectivity index (χ3v) is 3.70. The second-order valence-corrected chi connectivity index (χ2v) is 5.36. The van der Waals surface area contributed by atoms with Gasteiger partial charge in [-0.1, -0.05) is 30.3 Å². The van der Waals surface area contributed by atoms with Crippen LogP contribution in [0.5, 0.6) is 0 Å². The molecule has 0 aliphatic heterocycles. The number of aromatic nitrogens is 2. The molecule has 7 heteroatoms. The van der Waals surface area contributed by atoms with Gasteiger partial charge in [-0.05, 0) is 12.1 Å². The van der Waals surface area contributed by atoms with Crippen LogP contribution >= 0.6 is 0 Å². The van der Waals surface area contributed by atoms with Crippen molar-refractivity contribution >= 4 is 10.0 Å². The van der Waals surface area contributed by atoms with Crippen molar-refractivity contribution in [1.29, 1.82) is 0 Å².